The zero-order chi connectivity index (χ0) is 21.4. The third kappa shape index (κ3) is 5.23. The van der Waals surface area contributed by atoms with E-state index in [2.05, 4.69) is 63.4 Å². The molecule has 0 saturated carbocycles. The van der Waals surface area contributed by atoms with E-state index < -0.39 is 5.60 Å². The van der Waals surface area contributed by atoms with E-state index >= 15 is 0 Å². The van der Waals surface area contributed by atoms with Crippen molar-refractivity contribution in [2.24, 2.45) is 0 Å². The molecule has 158 valence electrons. The van der Waals surface area contributed by atoms with Crippen molar-refractivity contribution < 1.29 is 18.8 Å². The molecular formula is C23H34BNO4. The van der Waals surface area contributed by atoms with Gasteiger partial charge in [0.2, 0.25) is 0 Å². The molecule has 0 spiro atoms. The maximum Gasteiger partial charge on any atom is 0.494 e. The Morgan fingerprint density at radius 2 is 1.69 bits per heavy atom. The number of amides is 1. The second-order valence-corrected chi connectivity index (χ2v) is 10.1. The number of carbonyl (C=O) groups excluding carboxylic acids is 1. The Hall–Kier alpha value is -1.79. The molecule has 3 rings (SSSR count). The summed E-state index contributed by atoms with van der Waals surface area (Å²) in [6.45, 7) is 13.9. The summed E-state index contributed by atoms with van der Waals surface area (Å²) in [5, 5.41) is 2.97. The van der Waals surface area contributed by atoms with Gasteiger partial charge in [0.05, 0.1) is 11.2 Å². The minimum absolute atomic E-state index is 0.123. The average molecular weight is 399 g/mol. The lowest BCUT2D eigenvalue weighted by atomic mass is 9.78. The zero-order valence-electron chi connectivity index (χ0n) is 18.8. The summed E-state index contributed by atoms with van der Waals surface area (Å²) in [4.78, 5) is 12.0. The van der Waals surface area contributed by atoms with Crippen LogP contribution < -0.4 is 10.8 Å². The Labute approximate surface area is 175 Å². The molecule has 0 bridgehead atoms. The summed E-state index contributed by atoms with van der Waals surface area (Å²) >= 11 is 0. The van der Waals surface area contributed by atoms with Crippen molar-refractivity contribution in [2.75, 3.05) is 0 Å². The number of nitrogens with one attached hydrogen (secondary N) is 1. The molecule has 5 nitrogen and oxygen atoms in total. The first-order valence-corrected chi connectivity index (χ1v) is 10.5. The largest absolute Gasteiger partial charge is 0.494 e. The SMILES string of the molecule is CC(C)(C)OC(=O)NC1CC=C(c2ccc(B3OC(C)(C)C(C)(C)O3)cc2)CC1. The first kappa shape index (κ1) is 21.9. The summed E-state index contributed by atoms with van der Waals surface area (Å²) in [6.07, 6.45) is 4.52. The van der Waals surface area contributed by atoms with Crippen LogP contribution in [-0.2, 0) is 14.0 Å². The number of alkyl carbamates (subject to hydrolysis) is 1. The monoisotopic (exact) mass is 399 g/mol. The Bertz CT molecular complexity index is 761. The second kappa shape index (κ2) is 7.80. The fourth-order valence-electron chi connectivity index (χ4n) is 3.54. The first-order valence-electron chi connectivity index (χ1n) is 10.5. The van der Waals surface area contributed by atoms with E-state index in [9.17, 15) is 4.79 Å². The van der Waals surface area contributed by atoms with E-state index in [0.29, 0.717) is 0 Å². The smallest absolute Gasteiger partial charge is 0.444 e. The van der Waals surface area contributed by atoms with Gasteiger partial charge in [0.1, 0.15) is 5.60 Å². The van der Waals surface area contributed by atoms with Crippen LogP contribution in [0.15, 0.2) is 30.3 Å². The van der Waals surface area contributed by atoms with Gasteiger partial charge in [0, 0.05) is 6.04 Å². The highest BCUT2D eigenvalue weighted by molar-refractivity contribution is 6.62. The molecule has 29 heavy (non-hydrogen) atoms. The van der Waals surface area contributed by atoms with Crippen molar-refractivity contribution >= 4 is 24.2 Å². The standard InChI is InChI=1S/C23H34BNO4/c1-21(2,3)27-20(26)25-19-14-10-17(11-15-19)16-8-12-18(13-9-16)24-28-22(4,5)23(6,7)29-24/h8-10,12-13,19H,11,14-15H2,1-7H3,(H,25,26). The second-order valence-electron chi connectivity index (χ2n) is 10.1. The number of hydrogen-bond donors (Lipinski definition) is 1. The van der Waals surface area contributed by atoms with Crippen LogP contribution in [0.5, 0.6) is 0 Å². The Kier molecular flexibility index (Phi) is 5.90. The molecule has 1 aliphatic heterocycles. The lowest BCUT2D eigenvalue weighted by Gasteiger charge is -2.32. The van der Waals surface area contributed by atoms with Gasteiger partial charge < -0.3 is 19.4 Å². The molecule has 0 radical (unpaired) electrons. The molecule has 1 amide bonds. The van der Waals surface area contributed by atoms with Crippen LogP contribution >= 0.6 is 0 Å². The third-order valence-corrected chi connectivity index (χ3v) is 5.94. The van der Waals surface area contributed by atoms with Gasteiger partial charge in [-0.05, 0) is 84.3 Å². The van der Waals surface area contributed by atoms with Crippen molar-refractivity contribution in [3.05, 3.63) is 35.9 Å². The molecule has 1 aromatic rings. The highest BCUT2D eigenvalue weighted by Crippen LogP contribution is 2.36. The summed E-state index contributed by atoms with van der Waals surface area (Å²) in [5.74, 6) is 0. The van der Waals surface area contributed by atoms with E-state index in [0.717, 1.165) is 24.7 Å². The molecule has 1 unspecified atom stereocenters. The van der Waals surface area contributed by atoms with Crippen molar-refractivity contribution in [1.29, 1.82) is 0 Å². The topological polar surface area (TPSA) is 56.8 Å². The van der Waals surface area contributed by atoms with Crippen LogP contribution in [0.3, 0.4) is 0 Å². The molecule has 0 aromatic heterocycles. The van der Waals surface area contributed by atoms with Gasteiger partial charge in [0.15, 0.2) is 0 Å². The van der Waals surface area contributed by atoms with Gasteiger partial charge in [0.25, 0.3) is 0 Å². The van der Waals surface area contributed by atoms with Gasteiger partial charge in [-0.25, -0.2) is 4.79 Å². The van der Waals surface area contributed by atoms with E-state index in [1.54, 1.807) is 0 Å². The van der Waals surface area contributed by atoms with Crippen molar-refractivity contribution in [1.82, 2.24) is 5.32 Å². The lowest BCUT2D eigenvalue weighted by Crippen LogP contribution is -2.41. The zero-order valence-corrected chi connectivity index (χ0v) is 18.8. The van der Waals surface area contributed by atoms with E-state index in [1.807, 2.05) is 20.8 Å². The number of benzene rings is 1. The van der Waals surface area contributed by atoms with Gasteiger partial charge in [-0.1, -0.05) is 30.3 Å². The lowest BCUT2D eigenvalue weighted by molar-refractivity contribution is 0.00578. The minimum Gasteiger partial charge on any atom is -0.444 e. The van der Waals surface area contributed by atoms with Gasteiger partial charge in [-0.2, -0.15) is 0 Å². The van der Waals surface area contributed by atoms with E-state index in [1.165, 1.54) is 11.1 Å². The molecule has 1 aromatic carbocycles. The highest BCUT2D eigenvalue weighted by Gasteiger charge is 2.51. The van der Waals surface area contributed by atoms with Crippen LogP contribution in [-0.4, -0.2) is 36.1 Å². The predicted octanol–water partition coefficient (Wildman–Crippen LogP) is 4.45. The number of allylic oxidation sites excluding steroid dienone is 1. The fraction of sp³-hybridized carbons (Fsp3) is 0.609. The molecular weight excluding hydrogens is 365 g/mol. The van der Waals surface area contributed by atoms with Crippen molar-refractivity contribution in [3.8, 4) is 0 Å². The first-order chi connectivity index (χ1) is 13.4. The van der Waals surface area contributed by atoms with E-state index in [4.69, 9.17) is 14.0 Å². The maximum absolute atomic E-state index is 12.0. The quantitative estimate of drug-likeness (QED) is 0.764. The van der Waals surface area contributed by atoms with Crippen LogP contribution in [0.2, 0.25) is 0 Å². The fourth-order valence-corrected chi connectivity index (χ4v) is 3.54. The number of rotatable bonds is 3. The van der Waals surface area contributed by atoms with Crippen molar-refractivity contribution in [2.45, 2.75) is 90.6 Å². The van der Waals surface area contributed by atoms with Crippen molar-refractivity contribution in [3.63, 3.8) is 0 Å². The van der Waals surface area contributed by atoms with Crippen LogP contribution in [0.1, 0.15) is 73.3 Å². The van der Waals surface area contributed by atoms with Gasteiger partial charge >= 0.3 is 13.2 Å². The molecule has 6 heteroatoms. The van der Waals surface area contributed by atoms with Gasteiger partial charge in [-0.3, -0.25) is 0 Å². The number of hydrogen-bond acceptors (Lipinski definition) is 4. The molecule has 1 heterocycles. The number of carbonyl (C=O) groups is 1. The molecule has 1 aliphatic carbocycles. The predicted molar refractivity (Wildman–Crippen MR) is 117 cm³/mol. The molecule has 1 N–H and O–H groups in total. The summed E-state index contributed by atoms with van der Waals surface area (Å²) < 4.78 is 17.6. The Morgan fingerprint density at radius 3 is 2.17 bits per heavy atom. The van der Waals surface area contributed by atoms with Gasteiger partial charge in [-0.15, -0.1) is 0 Å². The maximum atomic E-state index is 12.0. The summed E-state index contributed by atoms with van der Waals surface area (Å²) in [6, 6.07) is 8.56. The van der Waals surface area contributed by atoms with E-state index in [-0.39, 0.29) is 30.5 Å². The van der Waals surface area contributed by atoms with Crippen LogP contribution in [0, 0.1) is 0 Å². The molecule has 1 atom stereocenters. The minimum atomic E-state index is -0.474. The van der Waals surface area contributed by atoms with Crippen LogP contribution in [0.25, 0.3) is 5.57 Å². The third-order valence-electron chi connectivity index (χ3n) is 5.94. The summed E-state index contributed by atoms with van der Waals surface area (Å²) in [7, 11) is -0.336. The molecule has 1 fully saturated rings. The normalized spacial score (nSPS) is 23.5. The van der Waals surface area contributed by atoms with Crippen LogP contribution in [0.4, 0.5) is 4.79 Å². The Morgan fingerprint density at radius 1 is 1.10 bits per heavy atom. The Balaban J connectivity index is 1.59. The average Bonchev–Trinajstić information content (AvgIpc) is 2.82. The number of ether oxygens (including phenoxy) is 1. The molecule has 1 saturated heterocycles. The molecule has 2 aliphatic rings. The highest BCUT2D eigenvalue weighted by atomic mass is 16.7. The summed E-state index contributed by atoms with van der Waals surface area (Å²) in [5.41, 5.74) is 2.41.